The molecule has 1 amide bonds. The Morgan fingerprint density at radius 3 is 2.74 bits per heavy atom. The van der Waals surface area contributed by atoms with Crippen LogP contribution in [0.5, 0.6) is 11.5 Å². The van der Waals surface area contributed by atoms with Crippen LogP contribution in [0.1, 0.15) is 17.4 Å². The molecular formula is C18H21N3O5S. The Labute approximate surface area is 160 Å². The van der Waals surface area contributed by atoms with Crippen molar-refractivity contribution >= 4 is 40.2 Å². The molecule has 2 N–H and O–H groups in total. The molecule has 1 fully saturated rings. The number of ether oxygens (including phenoxy) is 3. The van der Waals surface area contributed by atoms with Gasteiger partial charge in [0.25, 0.3) is 0 Å². The van der Waals surface area contributed by atoms with E-state index in [0.717, 1.165) is 24.6 Å². The second-order valence-electron chi connectivity index (χ2n) is 6.28. The minimum Gasteiger partial charge on any atom is -0.461 e. The average molecular weight is 391 g/mol. The van der Waals surface area contributed by atoms with Crippen LogP contribution in [-0.4, -0.2) is 66.3 Å². The summed E-state index contributed by atoms with van der Waals surface area (Å²) in [6.45, 7) is 4.20. The third-order valence-corrected chi connectivity index (χ3v) is 5.45. The zero-order valence-corrected chi connectivity index (χ0v) is 15.8. The number of amides is 1. The number of fused-ring (bicyclic) bond motifs is 2. The highest BCUT2D eigenvalue weighted by Crippen LogP contribution is 2.40. The molecule has 3 heterocycles. The maximum Gasteiger partial charge on any atom is 0.356 e. The summed E-state index contributed by atoms with van der Waals surface area (Å²) < 4.78 is 16.0. The van der Waals surface area contributed by atoms with Gasteiger partial charge in [-0.1, -0.05) is 0 Å². The van der Waals surface area contributed by atoms with Crippen LogP contribution in [0, 0.1) is 0 Å². The van der Waals surface area contributed by atoms with Gasteiger partial charge in [-0.3, -0.25) is 9.69 Å². The second-order valence-corrected chi connectivity index (χ2v) is 7.51. The normalized spacial score (nSPS) is 16.5. The minimum atomic E-state index is -0.514. The molecule has 9 heteroatoms. The van der Waals surface area contributed by atoms with Crippen LogP contribution >= 0.6 is 11.8 Å². The van der Waals surface area contributed by atoms with Crippen LogP contribution in [0.2, 0.25) is 0 Å². The molecule has 2 aromatic rings. The zero-order valence-electron chi connectivity index (χ0n) is 15.0. The van der Waals surface area contributed by atoms with E-state index in [4.69, 9.17) is 14.2 Å². The summed E-state index contributed by atoms with van der Waals surface area (Å²) in [5, 5.41) is 3.58. The van der Waals surface area contributed by atoms with E-state index in [2.05, 4.69) is 15.2 Å². The van der Waals surface area contributed by atoms with Crippen LogP contribution in [0.3, 0.4) is 0 Å². The number of anilines is 1. The van der Waals surface area contributed by atoms with E-state index in [0.29, 0.717) is 34.6 Å². The van der Waals surface area contributed by atoms with E-state index in [9.17, 15) is 9.59 Å². The van der Waals surface area contributed by atoms with Crippen LogP contribution in [0.4, 0.5) is 5.69 Å². The topological polar surface area (TPSA) is 92.9 Å². The number of hydrogen-bond donors (Lipinski definition) is 2. The molecular weight excluding hydrogens is 370 g/mol. The van der Waals surface area contributed by atoms with Crippen molar-refractivity contribution in [1.82, 2.24) is 9.88 Å². The van der Waals surface area contributed by atoms with Gasteiger partial charge in [0, 0.05) is 36.0 Å². The lowest BCUT2D eigenvalue weighted by molar-refractivity contribution is -0.117. The van der Waals surface area contributed by atoms with Gasteiger partial charge in [0.15, 0.2) is 11.5 Å². The molecule has 0 bridgehead atoms. The van der Waals surface area contributed by atoms with Gasteiger partial charge >= 0.3 is 5.97 Å². The standard InChI is InChI=1S/C18H21N3O5S/c1-2-24-18(23)17-16(20-15(22)9-21-3-5-27-6-4-21)11-7-13-14(26-10-25-13)8-12(11)19-17/h7-8,19H,2-6,9-10H2,1H3,(H,20,22). The first kappa shape index (κ1) is 18.0. The summed E-state index contributed by atoms with van der Waals surface area (Å²) >= 11 is 1.89. The maximum atomic E-state index is 12.6. The lowest BCUT2D eigenvalue weighted by Gasteiger charge is -2.25. The van der Waals surface area contributed by atoms with Crippen molar-refractivity contribution in [1.29, 1.82) is 0 Å². The third-order valence-electron chi connectivity index (χ3n) is 4.51. The molecule has 1 aromatic heterocycles. The van der Waals surface area contributed by atoms with Crippen molar-refractivity contribution < 1.29 is 23.8 Å². The van der Waals surface area contributed by atoms with Crippen LogP contribution < -0.4 is 14.8 Å². The number of nitrogens with one attached hydrogen (secondary N) is 2. The number of thioether (sulfide) groups is 1. The number of aromatic nitrogens is 1. The van der Waals surface area contributed by atoms with E-state index in [1.807, 2.05) is 11.8 Å². The van der Waals surface area contributed by atoms with Gasteiger partial charge in [-0.2, -0.15) is 11.8 Å². The molecule has 0 spiro atoms. The van der Waals surface area contributed by atoms with Crippen molar-refractivity contribution in [2.24, 2.45) is 0 Å². The first-order chi connectivity index (χ1) is 13.2. The first-order valence-corrected chi connectivity index (χ1v) is 10.0. The fourth-order valence-electron chi connectivity index (χ4n) is 3.21. The Bertz CT molecular complexity index is 875. The van der Waals surface area contributed by atoms with Gasteiger partial charge in [-0.25, -0.2) is 4.79 Å². The number of carbonyl (C=O) groups excluding carboxylic acids is 2. The van der Waals surface area contributed by atoms with Gasteiger partial charge in [-0.05, 0) is 13.0 Å². The van der Waals surface area contributed by atoms with Crippen molar-refractivity contribution in [3.63, 3.8) is 0 Å². The van der Waals surface area contributed by atoms with Crippen molar-refractivity contribution in [2.75, 3.05) is 49.9 Å². The number of carbonyl (C=O) groups is 2. The smallest absolute Gasteiger partial charge is 0.356 e. The van der Waals surface area contributed by atoms with Crippen molar-refractivity contribution in [3.05, 3.63) is 17.8 Å². The lowest BCUT2D eigenvalue weighted by atomic mass is 10.2. The minimum absolute atomic E-state index is 0.154. The monoisotopic (exact) mass is 391 g/mol. The predicted molar refractivity (Wildman–Crippen MR) is 103 cm³/mol. The van der Waals surface area contributed by atoms with Crippen LogP contribution in [0.15, 0.2) is 12.1 Å². The van der Waals surface area contributed by atoms with Crippen molar-refractivity contribution in [3.8, 4) is 11.5 Å². The Balaban J connectivity index is 1.64. The molecule has 4 rings (SSSR count). The second kappa shape index (κ2) is 7.69. The Kier molecular flexibility index (Phi) is 5.13. The van der Waals surface area contributed by atoms with Gasteiger partial charge in [-0.15, -0.1) is 0 Å². The fourth-order valence-corrected chi connectivity index (χ4v) is 4.19. The SMILES string of the molecule is CCOC(=O)c1[nH]c2cc3c(cc2c1NC(=O)CN1CCSCC1)OCO3. The molecule has 0 unspecified atom stereocenters. The van der Waals surface area contributed by atoms with E-state index < -0.39 is 5.97 Å². The fraction of sp³-hybridized carbons (Fsp3) is 0.444. The van der Waals surface area contributed by atoms with E-state index in [-0.39, 0.29) is 25.0 Å². The van der Waals surface area contributed by atoms with Gasteiger partial charge in [0.1, 0.15) is 5.69 Å². The van der Waals surface area contributed by atoms with E-state index >= 15 is 0 Å². The predicted octanol–water partition coefficient (Wildman–Crippen LogP) is 2.06. The van der Waals surface area contributed by atoms with E-state index in [1.54, 1.807) is 19.1 Å². The quantitative estimate of drug-likeness (QED) is 0.754. The molecule has 0 aliphatic carbocycles. The number of esters is 1. The van der Waals surface area contributed by atoms with Crippen molar-refractivity contribution in [2.45, 2.75) is 6.92 Å². The summed E-state index contributed by atoms with van der Waals surface area (Å²) in [6, 6.07) is 3.53. The highest BCUT2D eigenvalue weighted by molar-refractivity contribution is 7.99. The highest BCUT2D eigenvalue weighted by Gasteiger charge is 2.25. The Morgan fingerprint density at radius 2 is 2.00 bits per heavy atom. The maximum absolute atomic E-state index is 12.6. The molecule has 0 atom stereocenters. The highest BCUT2D eigenvalue weighted by atomic mass is 32.2. The van der Waals surface area contributed by atoms with Gasteiger partial charge < -0.3 is 24.5 Å². The largest absolute Gasteiger partial charge is 0.461 e. The van der Waals surface area contributed by atoms with E-state index in [1.165, 1.54) is 0 Å². The number of H-pyrrole nitrogens is 1. The number of nitrogens with zero attached hydrogens (tertiary/aromatic N) is 1. The molecule has 8 nitrogen and oxygen atoms in total. The lowest BCUT2D eigenvalue weighted by Crippen LogP contribution is -2.38. The molecule has 1 saturated heterocycles. The van der Waals surface area contributed by atoms with Gasteiger partial charge in [0.05, 0.1) is 24.4 Å². The molecule has 0 radical (unpaired) electrons. The summed E-state index contributed by atoms with van der Waals surface area (Å²) in [5.74, 6) is 2.56. The number of hydrogen-bond acceptors (Lipinski definition) is 7. The summed E-state index contributed by atoms with van der Waals surface area (Å²) in [6.07, 6.45) is 0. The van der Waals surface area contributed by atoms with Crippen LogP contribution in [0.25, 0.3) is 10.9 Å². The molecule has 0 saturated carbocycles. The zero-order chi connectivity index (χ0) is 18.8. The number of aromatic amines is 1. The summed E-state index contributed by atoms with van der Waals surface area (Å²) in [4.78, 5) is 30.1. The average Bonchev–Trinajstić information content (AvgIpc) is 3.25. The molecule has 2 aliphatic rings. The number of benzene rings is 1. The molecule has 27 heavy (non-hydrogen) atoms. The molecule has 1 aromatic carbocycles. The molecule has 144 valence electrons. The number of rotatable bonds is 5. The first-order valence-electron chi connectivity index (χ1n) is 8.88. The third kappa shape index (κ3) is 3.70. The van der Waals surface area contributed by atoms with Gasteiger partial charge in [0.2, 0.25) is 12.7 Å². The summed E-state index contributed by atoms with van der Waals surface area (Å²) in [5.41, 5.74) is 1.31. The molecule has 2 aliphatic heterocycles. The Morgan fingerprint density at radius 1 is 1.26 bits per heavy atom. The summed E-state index contributed by atoms with van der Waals surface area (Å²) in [7, 11) is 0. The van der Waals surface area contributed by atoms with Crippen LogP contribution in [-0.2, 0) is 9.53 Å². The Hall–Kier alpha value is -2.39.